The number of carboxylic acids is 1. The van der Waals surface area contributed by atoms with Crippen LogP contribution < -0.4 is 43.4 Å². The monoisotopic (exact) mass is 977 g/mol. The van der Waals surface area contributed by atoms with Crippen LogP contribution in [0.4, 0.5) is 0 Å². The number of amides is 8. The molecule has 71 heavy (non-hydrogen) atoms. The number of benzene rings is 3. The molecule has 0 aromatic heterocycles. The summed E-state index contributed by atoms with van der Waals surface area (Å²) >= 11 is 0. The van der Waals surface area contributed by atoms with Gasteiger partial charge in [-0.05, 0) is 62.1 Å². The zero-order valence-electron chi connectivity index (χ0n) is 39.6. The number of rotatable bonds is 12. The third-order valence-electron chi connectivity index (χ3n) is 12.7. The minimum atomic E-state index is -1.76. The molecule has 0 aliphatic carbocycles. The number of carbonyl (C=O) groups is 9. The number of fused-ring (bicyclic) bond motifs is 2. The molecule has 3 aliphatic rings. The van der Waals surface area contributed by atoms with E-state index in [1.54, 1.807) is 91.0 Å². The zero-order valence-corrected chi connectivity index (χ0v) is 39.6. The second kappa shape index (κ2) is 25.1. The molecule has 3 aromatic rings. The maximum absolute atomic E-state index is 14.6. The number of aliphatic carboxylic acids is 1. The summed E-state index contributed by atoms with van der Waals surface area (Å²) < 4.78 is 0. The third-order valence-corrected chi connectivity index (χ3v) is 12.7. The highest BCUT2D eigenvalue weighted by Crippen LogP contribution is 2.26. The van der Waals surface area contributed by atoms with Gasteiger partial charge in [-0.2, -0.15) is 0 Å². The standard InChI is InChI=1S/C50H63N11O10/c1-30-42(64)59-38(28-33-18-9-4-10-19-33)48(70)61-25-13-22-40(61)49(71)60-24-12-21-39(60)47(69)55-34(20-11-23-53-50(51)52)43(65)56-35(26-31-14-5-2-6-15-31)45(67)57-36(27-32-16-7-3-8-17-32)46(68)58-37(29-41(62)63)44(66)54-30/h2-10,14-19,30,34-40H,11-13,20-29H2,1H3,(H,54,66)(H,55,69)(H,56,65)(H,57,67)(H,58,68)(H,59,64)(H,62,63)(H4,51,52,53)/t30-,34-,35-,36-,37-,38-,39-,40+/m0/s1. The maximum atomic E-state index is 14.6. The van der Waals surface area contributed by atoms with Gasteiger partial charge < -0.3 is 58.3 Å². The van der Waals surface area contributed by atoms with E-state index in [0.29, 0.717) is 29.5 Å². The first-order valence-corrected chi connectivity index (χ1v) is 23.9. The maximum Gasteiger partial charge on any atom is 0.305 e. The second-order valence-electron chi connectivity index (χ2n) is 18.0. The van der Waals surface area contributed by atoms with Crippen LogP contribution in [0.5, 0.6) is 0 Å². The van der Waals surface area contributed by atoms with Gasteiger partial charge in [-0.3, -0.25) is 48.1 Å². The van der Waals surface area contributed by atoms with E-state index in [-0.39, 0.29) is 70.5 Å². The topological polar surface area (TPSA) is 317 Å². The van der Waals surface area contributed by atoms with Crippen LogP contribution >= 0.6 is 0 Å². The highest BCUT2D eigenvalue weighted by molar-refractivity contribution is 6.00. The molecule has 8 atom stereocenters. The first-order valence-electron chi connectivity index (χ1n) is 23.9. The average Bonchev–Trinajstić information content (AvgIpc) is 4.06. The SMILES string of the molecule is C[C@@H]1NC(=O)[C@H](CC(=O)O)NC(=O)[C@H](Cc2ccccc2)NC(=O)[C@H](Cc2ccccc2)NC(=O)[C@H](CCCN=C(N)N)NC(=O)[C@@H]2CCCN2C(=O)[C@H]2CCCN2C(=O)[C@H](Cc2ccccc2)NC1=O. The van der Waals surface area contributed by atoms with Crippen molar-refractivity contribution in [2.45, 2.75) is 119 Å². The number of hydrogen-bond donors (Lipinski definition) is 9. The number of guanidine groups is 1. The Hall–Kier alpha value is -7.84. The summed E-state index contributed by atoms with van der Waals surface area (Å²) in [5.41, 5.74) is 13.0. The van der Waals surface area contributed by atoms with Gasteiger partial charge in [0.25, 0.3) is 0 Å². The smallest absolute Gasteiger partial charge is 0.305 e. The van der Waals surface area contributed by atoms with Crippen molar-refractivity contribution in [3.05, 3.63) is 108 Å². The number of hydrogen-bond acceptors (Lipinski definition) is 10. The van der Waals surface area contributed by atoms with Gasteiger partial charge in [-0.1, -0.05) is 91.0 Å². The van der Waals surface area contributed by atoms with Crippen LogP contribution in [0.25, 0.3) is 0 Å². The van der Waals surface area contributed by atoms with E-state index in [9.17, 15) is 48.3 Å². The lowest BCUT2D eigenvalue weighted by Crippen LogP contribution is -2.61. The third kappa shape index (κ3) is 14.8. The molecule has 378 valence electrons. The molecule has 11 N–H and O–H groups in total. The van der Waals surface area contributed by atoms with Crippen molar-refractivity contribution < 1.29 is 48.3 Å². The summed E-state index contributed by atoms with van der Waals surface area (Å²) in [4.78, 5) is 134. The first kappa shape index (κ1) is 52.5. The van der Waals surface area contributed by atoms with E-state index in [1.165, 1.54) is 16.7 Å². The number of carboxylic acid groups (broad SMARTS) is 1. The summed E-state index contributed by atoms with van der Waals surface area (Å²) in [6.07, 6.45) is 0.508. The van der Waals surface area contributed by atoms with Gasteiger partial charge in [0.15, 0.2) is 5.96 Å². The summed E-state index contributed by atoms with van der Waals surface area (Å²) in [5.74, 6) is -7.71. The van der Waals surface area contributed by atoms with E-state index in [2.05, 4.69) is 36.9 Å². The van der Waals surface area contributed by atoms with Gasteiger partial charge in [0.1, 0.15) is 48.3 Å². The fourth-order valence-corrected chi connectivity index (χ4v) is 9.07. The molecule has 3 fully saturated rings. The number of carbonyl (C=O) groups excluding carboxylic acids is 8. The van der Waals surface area contributed by atoms with Gasteiger partial charge in [0, 0.05) is 38.9 Å². The highest BCUT2D eigenvalue weighted by Gasteiger charge is 2.44. The molecule has 0 saturated carbocycles. The molecule has 0 bridgehead atoms. The molecule has 6 rings (SSSR count). The molecule has 3 saturated heterocycles. The van der Waals surface area contributed by atoms with Crippen molar-refractivity contribution in [1.29, 1.82) is 0 Å². The minimum absolute atomic E-state index is 0.00118. The Labute approximate surface area is 411 Å². The van der Waals surface area contributed by atoms with Crippen molar-refractivity contribution in [3.63, 3.8) is 0 Å². The van der Waals surface area contributed by atoms with E-state index >= 15 is 0 Å². The summed E-state index contributed by atoms with van der Waals surface area (Å²) in [6, 6.07) is 15.7. The molecule has 0 radical (unpaired) electrons. The Morgan fingerprint density at radius 1 is 0.549 bits per heavy atom. The number of aliphatic imine (C=N–C) groups is 1. The highest BCUT2D eigenvalue weighted by atomic mass is 16.4. The van der Waals surface area contributed by atoms with Gasteiger partial charge in [-0.25, -0.2) is 0 Å². The lowest BCUT2D eigenvalue weighted by Gasteiger charge is -2.33. The van der Waals surface area contributed by atoms with E-state index < -0.39 is 108 Å². The number of nitrogens with two attached hydrogens (primary N) is 2. The molecule has 21 nitrogen and oxygen atoms in total. The molecular weight excluding hydrogens is 915 g/mol. The molecule has 3 heterocycles. The van der Waals surface area contributed by atoms with Gasteiger partial charge in [-0.15, -0.1) is 0 Å². The number of nitrogens with zero attached hydrogens (tertiary/aromatic N) is 3. The van der Waals surface area contributed by atoms with Gasteiger partial charge >= 0.3 is 5.97 Å². The van der Waals surface area contributed by atoms with Crippen molar-refractivity contribution >= 4 is 59.2 Å². The Kier molecular flexibility index (Phi) is 18.6. The predicted molar refractivity (Wildman–Crippen MR) is 259 cm³/mol. The van der Waals surface area contributed by atoms with Crippen LogP contribution in [0, 0.1) is 0 Å². The van der Waals surface area contributed by atoms with Crippen molar-refractivity contribution in [3.8, 4) is 0 Å². The van der Waals surface area contributed by atoms with E-state index in [4.69, 9.17) is 11.5 Å². The lowest BCUT2D eigenvalue weighted by atomic mass is 10.0. The van der Waals surface area contributed by atoms with Gasteiger partial charge in [0.05, 0.1) is 6.42 Å². The summed E-state index contributed by atoms with van der Waals surface area (Å²) in [6.45, 7) is 1.79. The Morgan fingerprint density at radius 3 is 1.48 bits per heavy atom. The summed E-state index contributed by atoms with van der Waals surface area (Å²) in [7, 11) is 0. The molecule has 0 unspecified atom stereocenters. The van der Waals surface area contributed by atoms with Crippen LogP contribution in [0.15, 0.2) is 96.0 Å². The van der Waals surface area contributed by atoms with Gasteiger partial charge in [0.2, 0.25) is 47.3 Å². The van der Waals surface area contributed by atoms with Crippen LogP contribution in [-0.2, 0) is 62.4 Å². The quantitative estimate of drug-likeness (QED) is 0.0611. The fourth-order valence-electron chi connectivity index (χ4n) is 9.07. The predicted octanol–water partition coefficient (Wildman–Crippen LogP) is -0.833. The minimum Gasteiger partial charge on any atom is -0.481 e. The normalized spacial score (nSPS) is 25.3. The molecule has 3 aliphatic heterocycles. The zero-order chi connectivity index (χ0) is 51.0. The van der Waals surface area contributed by atoms with Crippen LogP contribution in [-0.4, -0.2) is 142 Å². The fraction of sp³-hybridized carbons (Fsp3) is 0.440. The molecule has 3 aromatic carbocycles. The average molecular weight is 978 g/mol. The molecule has 21 heteroatoms. The largest absolute Gasteiger partial charge is 0.481 e. The second-order valence-corrected chi connectivity index (χ2v) is 18.0. The summed E-state index contributed by atoms with van der Waals surface area (Å²) in [5, 5.41) is 25.9. The molecule has 8 amide bonds. The van der Waals surface area contributed by atoms with Crippen LogP contribution in [0.1, 0.15) is 68.6 Å². The molecule has 0 spiro atoms. The van der Waals surface area contributed by atoms with E-state index in [0.717, 1.165) is 0 Å². The van der Waals surface area contributed by atoms with Crippen molar-refractivity contribution in [2.24, 2.45) is 16.5 Å². The number of nitrogens with one attached hydrogen (secondary N) is 6. The Balaban J connectivity index is 1.39. The first-order chi connectivity index (χ1) is 34.1. The molecular formula is C50H63N11O10. The van der Waals surface area contributed by atoms with Crippen LogP contribution in [0.3, 0.4) is 0 Å². The lowest BCUT2D eigenvalue weighted by molar-refractivity contribution is -0.148. The van der Waals surface area contributed by atoms with Crippen molar-refractivity contribution in [2.75, 3.05) is 19.6 Å². The Bertz CT molecular complexity index is 2420. The van der Waals surface area contributed by atoms with Crippen LogP contribution in [0.2, 0.25) is 0 Å². The Morgan fingerprint density at radius 2 is 0.972 bits per heavy atom. The van der Waals surface area contributed by atoms with E-state index in [1.807, 2.05) is 0 Å². The van der Waals surface area contributed by atoms with Crippen molar-refractivity contribution in [1.82, 2.24) is 41.7 Å².